The highest BCUT2D eigenvalue weighted by atomic mass is 16.3. The lowest BCUT2D eigenvalue weighted by molar-refractivity contribution is 0.557. The molecule has 10 aromatic rings. The van der Waals surface area contributed by atoms with Crippen molar-refractivity contribution in [1.29, 1.82) is 0 Å². The minimum absolute atomic E-state index is 0.00351. The average molecular weight is 982 g/mol. The number of aromatic nitrogens is 1. The molecular formula is C70H72BN3O. The second kappa shape index (κ2) is 16.6. The van der Waals surface area contributed by atoms with Gasteiger partial charge in [0.1, 0.15) is 11.2 Å². The molecule has 0 bridgehead atoms. The van der Waals surface area contributed by atoms with Gasteiger partial charge in [-0.1, -0.05) is 207 Å². The van der Waals surface area contributed by atoms with Gasteiger partial charge in [0, 0.05) is 60.9 Å². The Labute approximate surface area is 446 Å². The van der Waals surface area contributed by atoms with E-state index in [1.807, 2.05) is 0 Å². The fourth-order valence-corrected chi connectivity index (χ4v) is 12.1. The van der Waals surface area contributed by atoms with E-state index in [0.717, 1.165) is 45.1 Å². The maximum atomic E-state index is 7.84. The molecule has 0 atom stereocenters. The first-order chi connectivity index (χ1) is 35.4. The molecule has 12 rings (SSSR count). The van der Waals surface area contributed by atoms with Crippen molar-refractivity contribution in [2.45, 2.75) is 131 Å². The summed E-state index contributed by atoms with van der Waals surface area (Å²) in [6.45, 7) is 34.8. The van der Waals surface area contributed by atoms with Crippen molar-refractivity contribution in [1.82, 2.24) is 4.48 Å². The maximum Gasteiger partial charge on any atom is 0.375 e. The summed E-state index contributed by atoms with van der Waals surface area (Å²) < 4.78 is 10.5. The van der Waals surface area contributed by atoms with Crippen LogP contribution < -0.4 is 20.9 Å². The van der Waals surface area contributed by atoms with Gasteiger partial charge in [-0.2, -0.15) is 0 Å². The van der Waals surface area contributed by atoms with E-state index in [0.29, 0.717) is 0 Å². The summed E-state index contributed by atoms with van der Waals surface area (Å²) in [5.74, 6) is 0. The molecule has 2 aliphatic heterocycles. The largest absolute Gasteiger partial charge is 0.466 e. The fraction of sp³-hybridized carbons (Fsp3) is 0.286. The van der Waals surface area contributed by atoms with Gasteiger partial charge >= 0.3 is 6.85 Å². The van der Waals surface area contributed by atoms with Crippen LogP contribution in [0, 0.1) is 0 Å². The van der Waals surface area contributed by atoms with Gasteiger partial charge in [0.05, 0.1) is 17.1 Å². The van der Waals surface area contributed by atoms with Gasteiger partial charge < -0.3 is 18.7 Å². The van der Waals surface area contributed by atoms with Gasteiger partial charge in [-0.05, 0) is 127 Å². The van der Waals surface area contributed by atoms with E-state index in [1.54, 1.807) is 0 Å². The van der Waals surface area contributed by atoms with Gasteiger partial charge in [-0.15, -0.1) is 0 Å². The molecule has 0 unspecified atom stereocenters. The Morgan fingerprint density at radius 1 is 0.453 bits per heavy atom. The number of para-hydroxylation sites is 2. The predicted molar refractivity (Wildman–Crippen MR) is 323 cm³/mol. The van der Waals surface area contributed by atoms with E-state index < -0.39 is 0 Å². The van der Waals surface area contributed by atoms with Crippen LogP contribution in [-0.4, -0.2) is 11.3 Å². The molecule has 0 aliphatic carbocycles. The van der Waals surface area contributed by atoms with Crippen LogP contribution in [0.25, 0.3) is 55.0 Å². The zero-order valence-electron chi connectivity index (χ0n) is 46.9. The van der Waals surface area contributed by atoms with Crippen molar-refractivity contribution in [3.63, 3.8) is 0 Å². The summed E-state index contributed by atoms with van der Waals surface area (Å²) in [6.07, 6.45) is 0. The van der Waals surface area contributed by atoms with Crippen LogP contribution in [0.15, 0.2) is 168 Å². The third-order valence-corrected chi connectivity index (χ3v) is 16.3. The quantitative estimate of drug-likeness (QED) is 0.161. The number of fused-ring (bicyclic) bond motifs is 9. The van der Waals surface area contributed by atoms with Crippen molar-refractivity contribution in [3.8, 4) is 22.3 Å². The topological polar surface area (TPSA) is 24.6 Å². The van der Waals surface area contributed by atoms with Gasteiger partial charge in [-0.3, -0.25) is 0 Å². The third kappa shape index (κ3) is 7.78. The minimum Gasteiger partial charge on any atom is -0.466 e. The summed E-state index contributed by atoms with van der Waals surface area (Å²) in [5, 5.41) is 3.63. The van der Waals surface area contributed by atoms with Gasteiger partial charge in [-0.25, -0.2) is 0 Å². The summed E-state index contributed by atoms with van der Waals surface area (Å²) in [4.78, 5) is 5.09. The van der Waals surface area contributed by atoms with Crippen molar-refractivity contribution in [2.75, 3.05) is 9.80 Å². The molecule has 0 radical (unpaired) electrons. The summed E-state index contributed by atoms with van der Waals surface area (Å²) in [7, 11) is 0. The van der Waals surface area contributed by atoms with Crippen LogP contribution in [0.4, 0.5) is 34.1 Å². The molecular weight excluding hydrogens is 910 g/mol. The average Bonchev–Trinajstić information content (AvgIpc) is 4.15. The van der Waals surface area contributed by atoms with E-state index in [1.165, 1.54) is 83.0 Å². The Bertz CT molecular complexity index is 3900. The van der Waals surface area contributed by atoms with E-state index in [4.69, 9.17) is 4.42 Å². The molecule has 2 aromatic heterocycles. The molecule has 4 nitrogen and oxygen atoms in total. The monoisotopic (exact) mass is 982 g/mol. The van der Waals surface area contributed by atoms with Crippen molar-refractivity contribution < 1.29 is 4.42 Å². The first-order valence-electron chi connectivity index (χ1n) is 27.2. The van der Waals surface area contributed by atoms with Crippen LogP contribution in [0.1, 0.15) is 132 Å². The number of benzene rings is 8. The summed E-state index contributed by atoms with van der Waals surface area (Å²) in [5.41, 5.74) is 23.2. The second-order valence-electron chi connectivity index (χ2n) is 26.7. The Balaban J connectivity index is 1.27. The predicted octanol–water partition coefficient (Wildman–Crippen LogP) is 18.6. The Morgan fingerprint density at radius 2 is 1.04 bits per heavy atom. The van der Waals surface area contributed by atoms with Gasteiger partial charge in [0.2, 0.25) is 0 Å². The zero-order valence-corrected chi connectivity index (χ0v) is 46.9. The molecule has 0 fully saturated rings. The highest BCUT2D eigenvalue weighted by Gasteiger charge is 2.48. The van der Waals surface area contributed by atoms with Crippen molar-refractivity contribution >= 4 is 84.9 Å². The van der Waals surface area contributed by atoms with Gasteiger partial charge in [0.15, 0.2) is 0 Å². The molecule has 0 N–H and O–H groups in total. The highest BCUT2D eigenvalue weighted by molar-refractivity contribution is 6.89. The van der Waals surface area contributed by atoms with Crippen LogP contribution in [0.5, 0.6) is 0 Å². The van der Waals surface area contributed by atoms with Crippen molar-refractivity contribution in [2.24, 2.45) is 0 Å². The van der Waals surface area contributed by atoms with E-state index >= 15 is 0 Å². The van der Waals surface area contributed by atoms with Crippen LogP contribution in [-0.2, 0) is 27.1 Å². The number of hydrogen-bond donors (Lipinski definition) is 0. The third-order valence-electron chi connectivity index (χ3n) is 16.3. The molecule has 2 aliphatic rings. The molecule has 376 valence electrons. The Morgan fingerprint density at radius 3 is 1.68 bits per heavy atom. The zero-order chi connectivity index (χ0) is 52.9. The van der Waals surface area contributed by atoms with Crippen LogP contribution in [0.3, 0.4) is 0 Å². The number of nitrogens with zero attached hydrogens (tertiary/aromatic N) is 3. The standard InChI is InChI=1S/C70H72BN3O/c1-66(2,3)44-30-33-49(34-31-44)73-59-42-47(69(10,11)12)39-52-51-35-37-58(72(48-26-20-17-21-27-48)56-29-23-22-28-50(56)43-24-18-16-19-25-43)60-53-38-45(67(4,5)6)32-36-57(53)74(62(51)60)71(61(52)59)65-63(73)54-40-46(68(7,8)9)41-55(64(54)75-65)70(13,14)15/h16-42H,1-15H3. The maximum absolute atomic E-state index is 7.84. The first kappa shape index (κ1) is 48.7. The minimum atomic E-state index is -0.285. The lowest BCUT2D eigenvalue weighted by Crippen LogP contribution is -2.56. The number of hydrogen-bond acceptors (Lipinski definition) is 3. The molecule has 0 spiro atoms. The molecule has 8 aromatic carbocycles. The fourth-order valence-electron chi connectivity index (χ4n) is 12.1. The van der Waals surface area contributed by atoms with Gasteiger partial charge in [0.25, 0.3) is 0 Å². The summed E-state index contributed by atoms with van der Waals surface area (Å²) in [6, 6.07) is 62.2. The lowest BCUT2D eigenvalue weighted by Gasteiger charge is -2.40. The number of anilines is 6. The number of rotatable bonds is 5. The molecule has 75 heavy (non-hydrogen) atoms. The Kier molecular flexibility index (Phi) is 10.8. The lowest BCUT2D eigenvalue weighted by atomic mass is 9.47. The Hall–Kier alpha value is -7.24. The molecule has 4 heterocycles. The molecule has 0 amide bonds. The first-order valence-corrected chi connectivity index (χ1v) is 27.2. The SMILES string of the molecule is CC(C)(C)c1ccc(N2c3cc(C(C)(C)C)cc4c3B(c3oc5c(C(C)(C)C)cc(C(C)(C)C)cc5c32)n2c3ccc(C(C)(C)C)cc3c3c(N(c5ccccc5)c5ccccc5-c5ccccc5)ccc-4c32)cc1. The van der Waals surface area contributed by atoms with E-state index in [9.17, 15) is 0 Å². The molecule has 0 saturated carbocycles. The smallest absolute Gasteiger partial charge is 0.375 e. The van der Waals surface area contributed by atoms with E-state index in [2.05, 4.69) is 282 Å². The van der Waals surface area contributed by atoms with Crippen LogP contribution >= 0.6 is 0 Å². The van der Waals surface area contributed by atoms with Crippen LogP contribution in [0.2, 0.25) is 0 Å². The van der Waals surface area contributed by atoms with Crippen molar-refractivity contribution in [3.05, 3.63) is 192 Å². The summed E-state index contributed by atoms with van der Waals surface area (Å²) >= 11 is 0. The van der Waals surface area contributed by atoms with E-state index in [-0.39, 0.29) is 33.9 Å². The normalized spacial score (nSPS) is 13.7. The second-order valence-corrected chi connectivity index (χ2v) is 26.7. The number of furan rings is 1. The molecule has 5 heteroatoms. The molecule has 0 saturated heterocycles. The highest BCUT2D eigenvalue weighted by Crippen LogP contribution is 2.54.